The van der Waals surface area contributed by atoms with Crippen molar-refractivity contribution < 1.29 is 23.0 Å². The van der Waals surface area contributed by atoms with E-state index in [0.29, 0.717) is 30.7 Å². The first kappa shape index (κ1) is 19.4. The molecule has 0 bridgehead atoms. The van der Waals surface area contributed by atoms with Gasteiger partial charge in [0.2, 0.25) is 5.95 Å². The highest BCUT2D eigenvalue weighted by molar-refractivity contribution is 5.80. The molecule has 1 atom stereocenters. The maximum atomic E-state index is 12.9. The first-order valence-electron chi connectivity index (χ1n) is 8.97. The lowest BCUT2D eigenvalue weighted by Crippen LogP contribution is -2.36. The van der Waals surface area contributed by atoms with Crippen molar-refractivity contribution in [3.8, 4) is 17.0 Å². The van der Waals surface area contributed by atoms with E-state index in [4.69, 9.17) is 4.74 Å². The van der Waals surface area contributed by atoms with Crippen molar-refractivity contribution in [2.45, 2.75) is 12.2 Å². The highest BCUT2D eigenvalue weighted by Gasteiger charge is 2.31. The smallest absolute Gasteiger partial charge is 0.416 e. The summed E-state index contributed by atoms with van der Waals surface area (Å²) in [4.78, 5) is 2.13. The van der Waals surface area contributed by atoms with E-state index in [0.717, 1.165) is 19.2 Å². The molecule has 0 spiro atoms. The lowest BCUT2D eigenvalue weighted by Gasteiger charge is -2.20. The van der Waals surface area contributed by atoms with Crippen molar-refractivity contribution >= 4 is 11.5 Å². The Morgan fingerprint density at radius 1 is 1.24 bits per heavy atom. The van der Waals surface area contributed by atoms with E-state index in [1.54, 1.807) is 6.07 Å². The molecule has 11 heteroatoms. The maximum Gasteiger partial charge on any atom is 0.416 e. The van der Waals surface area contributed by atoms with Crippen molar-refractivity contribution in [1.82, 2.24) is 24.7 Å². The normalized spacial score (nSPS) is 18.7. The van der Waals surface area contributed by atoms with Gasteiger partial charge >= 0.3 is 6.18 Å². The summed E-state index contributed by atoms with van der Waals surface area (Å²) in [5.74, 6) is -0.152. The van der Waals surface area contributed by atoms with Gasteiger partial charge in [0.15, 0.2) is 0 Å². The minimum atomic E-state index is -4.55. The summed E-state index contributed by atoms with van der Waals surface area (Å²) in [5, 5.41) is 25.9. The van der Waals surface area contributed by atoms with Crippen LogP contribution in [-0.4, -0.2) is 69.2 Å². The first-order chi connectivity index (χ1) is 13.8. The Morgan fingerprint density at radius 3 is 2.83 bits per heavy atom. The van der Waals surface area contributed by atoms with Crippen LogP contribution in [0.1, 0.15) is 5.56 Å². The topological polar surface area (TPSA) is 87.8 Å². The Kier molecular flexibility index (Phi) is 5.01. The average molecular weight is 408 g/mol. The number of halogens is 3. The monoisotopic (exact) mass is 408 g/mol. The number of hydrogen-bond acceptors (Lipinski definition) is 7. The highest BCUT2D eigenvalue weighted by atomic mass is 19.4. The Morgan fingerprint density at radius 2 is 2.07 bits per heavy atom. The van der Waals surface area contributed by atoms with Gasteiger partial charge in [-0.1, -0.05) is 0 Å². The Bertz CT molecular complexity index is 1020. The van der Waals surface area contributed by atoms with E-state index < -0.39 is 17.5 Å². The fourth-order valence-corrected chi connectivity index (χ4v) is 3.27. The van der Waals surface area contributed by atoms with Gasteiger partial charge in [0.1, 0.15) is 11.4 Å². The molecular weight excluding hydrogens is 389 g/mol. The molecule has 0 aliphatic carbocycles. The highest BCUT2D eigenvalue weighted by Crippen LogP contribution is 2.37. The Hall–Kier alpha value is -2.92. The van der Waals surface area contributed by atoms with Gasteiger partial charge in [0.05, 0.1) is 36.5 Å². The molecule has 1 aliphatic rings. The molecule has 29 heavy (non-hydrogen) atoms. The van der Waals surface area contributed by atoms with Crippen LogP contribution in [0.2, 0.25) is 0 Å². The fraction of sp³-hybridized carbons (Fsp3) is 0.389. The third-order valence-electron chi connectivity index (χ3n) is 4.71. The largest absolute Gasteiger partial charge is 0.507 e. The minimum absolute atomic E-state index is 0.0329. The van der Waals surface area contributed by atoms with Gasteiger partial charge in [0.25, 0.3) is 0 Å². The number of benzene rings is 1. The third-order valence-corrected chi connectivity index (χ3v) is 4.71. The number of likely N-dealkylation sites (N-methyl/N-ethyl adjacent to an activating group) is 1. The molecule has 0 amide bonds. The molecule has 2 N–H and O–H groups in total. The number of nitrogens with zero attached hydrogens (tertiary/aromatic N) is 5. The lowest BCUT2D eigenvalue weighted by molar-refractivity contribution is -0.137. The Balaban J connectivity index is 1.68. The van der Waals surface area contributed by atoms with Gasteiger partial charge in [-0.25, -0.2) is 0 Å². The van der Waals surface area contributed by atoms with Crippen molar-refractivity contribution in [3.63, 3.8) is 0 Å². The number of rotatable bonds is 3. The summed E-state index contributed by atoms with van der Waals surface area (Å²) in [7, 11) is 2.00. The second-order valence-electron chi connectivity index (χ2n) is 6.91. The van der Waals surface area contributed by atoms with Crippen LogP contribution in [0.3, 0.4) is 0 Å². The van der Waals surface area contributed by atoms with Gasteiger partial charge in [-0.3, -0.25) is 0 Å². The van der Waals surface area contributed by atoms with Crippen LogP contribution in [0.25, 0.3) is 16.8 Å². The summed E-state index contributed by atoms with van der Waals surface area (Å²) in [6, 6.07) is 4.37. The number of anilines is 1. The lowest BCUT2D eigenvalue weighted by atomic mass is 10.1. The van der Waals surface area contributed by atoms with E-state index in [1.807, 2.05) is 7.05 Å². The van der Waals surface area contributed by atoms with Gasteiger partial charge in [-0.2, -0.15) is 22.8 Å². The van der Waals surface area contributed by atoms with Gasteiger partial charge in [-0.05, 0) is 31.3 Å². The van der Waals surface area contributed by atoms with Gasteiger partial charge < -0.3 is 20.1 Å². The molecule has 3 aromatic rings. The number of aromatic nitrogens is 4. The van der Waals surface area contributed by atoms with Crippen molar-refractivity contribution in [1.29, 1.82) is 0 Å². The van der Waals surface area contributed by atoms with E-state index in [-0.39, 0.29) is 17.3 Å². The fourth-order valence-electron chi connectivity index (χ4n) is 3.27. The number of phenolic OH excluding ortho intramolecular Hbond substituents is 1. The van der Waals surface area contributed by atoms with Crippen LogP contribution in [0.4, 0.5) is 19.1 Å². The molecule has 0 radical (unpaired) electrons. The molecule has 1 aromatic carbocycles. The van der Waals surface area contributed by atoms with Crippen LogP contribution in [0, 0.1) is 0 Å². The van der Waals surface area contributed by atoms with Crippen LogP contribution < -0.4 is 5.32 Å². The first-order valence-corrected chi connectivity index (χ1v) is 8.97. The molecule has 8 nitrogen and oxygen atoms in total. The maximum absolute atomic E-state index is 12.9. The quantitative estimate of drug-likeness (QED) is 0.687. The van der Waals surface area contributed by atoms with Crippen LogP contribution in [0.5, 0.6) is 5.75 Å². The number of nitrogens with one attached hydrogen (secondary N) is 1. The minimum Gasteiger partial charge on any atom is -0.507 e. The van der Waals surface area contributed by atoms with Crippen molar-refractivity contribution in [2.75, 3.05) is 38.7 Å². The standard InChI is InChI=1S/C18H19F3N6O2/c1-26-6-7-29-10-12(9-26)23-17-25-24-16(14-4-5-22-27(14)17)13-3-2-11(8-15(13)28)18(19,20)21/h2-5,8,12,28H,6-7,9-10H2,1H3,(H,23,25)/t12-/m0/s1. The number of fused-ring (bicyclic) bond motifs is 1. The zero-order valence-corrected chi connectivity index (χ0v) is 15.5. The molecule has 0 unspecified atom stereocenters. The van der Waals surface area contributed by atoms with E-state index >= 15 is 0 Å². The molecule has 1 aliphatic heterocycles. The average Bonchev–Trinajstić information content (AvgIpc) is 3.06. The van der Waals surface area contributed by atoms with E-state index in [2.05, 4.69) is 25.5 Å². The zero-order valence-electron chi connectivity index (χ0n) is 15.5. The SMILES string of the molecule is CN1CCOC[C@@H](Nc2nnc(-c3ccc(C(F)(F)F)cc3O)c3ccnn23)C1. The van der Waals surface area contributed by atoms with E-state index in [1.165, 1.54) is 16.8 Å². The van der Waals surface area contributed by atoms with Crippen molar-refractivity contribution in [2.24, 2.45) is 0 Å². The third kappa shape index (κ3) is 3.96. The molecule has 4 rings (SSSR count). The molecule has 154 valence electrons. The number of phenols is 1. The van der Waals surface area contributed by atoms with E-state index in [9.17, 15) is 18.3 Å². The predicted molar refractivity (Wildman–Crippen MR) is 98.6 cm³/mol. The van der Waals surface area contributed by atoms with Crippen LogP contribution in [-0.2, 0) is 10.9 Å². The number of alkyl halides is 3. The molecule has 3 heterocycles. The summed E-state index contributed by atoms with van der Waals surface area (Å²) < 4.78 is 45.7. The number of aromatic hydroxyl groups is 1. The molecule has 0 saturated carbocycles. The number of ether oxygens (including phenoxy) is 1. The summed E-state index contributed by atoms with van der Waals surface area (Å²) in [6.45, 7) is 2.71. The molecular formula is C18H19F3N6O2. The molecule has 1 saturated heterocycles. The van der Waals surface area contributed by atoms with Gasteiger partial charge in [-0.15, -0.1) is 10.2 Å². The summed E-state index contributed by atoms with van der Waals surface area (Å²) >= 11 is 0. The van der Waals surface area contributed by atoms with Gasteiger partial charge in [0, 0.05) is 18.7 Å². The predicted octanol–water partition coefficient (Wildman–Crippen LogP) is 2.26. The Labute approximate surface area is 163 Å². The van der Waals surface area contributed by atoms with Crippen molar-refractivity contribution in [3.05, 3.63) is 36.0 Å². The molecule has 2 aromatic heterocycles. The van der Waals surface area contributed by atoms with Crippen LogP contribution >= 0.6 is 0 Å². The number of hydrogen-bond donors (Lipinski definition) is 2. The second kappa shape index (κ2) is 7.48. The van der Waals surface area contributed by atoms with Crippen LogP contribution in [0.15, 0.2) is 30.5 Å². The summed E-state index contributed by atoms with van der Waals surface area (Å²) in [5.41, 5.74) is -0.0685. The zero-order chi connectivity index (χ0) is 20.6. The second-order valence-corrected chi connectivity index (χ2v) is 6.91. The molecule has 1 fully saturated rings. The summed E-state index contributed by atoms with van der Waals surface area (Å²) in [6.07, 6.45) is -3.01.